The molecule has 25 heavy (non-hydrogen) atoms. The molecule has 4 rings (SSSR count). The second-order valence-electron chi connectivity index (χ2n) is 8.82. The highest BCUT2D eigenvalue weighted by Crippen LogP contribution is 2.62. The zero-order valence-corrected chi connectivity index (χ0v) is 16.3. The van der Waals surface area contributed by atoms with Crippen LogP contribution in [0.4, 0.5) is 0 Å². The molecule has 5 nitrogen and oxygen atoms in total. The SMILES string of the molecule is CCN=C(NC1CCN(C(C)C)CC1)NC1C2CCOC2C12CCC2. The van der Waals surface area contributed by atoms with Crippen LogP contribution in [0.3, 0.4) is 0 Å². The van der Waals surface area contributed by atoms with Crippen molar-refractivity contribution in [3.05, 3.63) is 0 Å². The first-order chi connectivity index (χ1) is 12.1. The fraction of sp³-hybridized carbons (Fsp3) is 0.950. The van der Waals surface area contributed by atoms with E-state index in [0.717, 1.165) is 19.1 Å². The minimum absolute atomic E-state index is 0.415. The normalized spacial score (nSPS) is 35.4. The number of hydrogen-bond acceptors (Lipinski definition) is 3. The largest absolute Gasteiger partial charge is 0.377 e. The Morgan fingerprint density at radius 1 is 1.20 bits per heavy atom. The fourth-order valence-electron chi connectivity index (χ4n) is 5.65. The van der Waals surface area contributed by atoms with Crippen molar-refractivity contribution in [2.75, 3.05) is 26.2 Å². The Hall–Kier alpha value is -0.810. The highest BCUT2D eigenvalue weighted by molar-refractivity contribution is 5.80. The summed E-state index contributed by atoms with van der Waals surface area (Å²) in [5.74, 6) is 1.75. The van der Waals surface area contributed by atoms with Crippen molar-refractivity contribution in [1.29, 1.82) is 0 Å². The van der Waals surface area contributed by atoms with Crippen molar-refractivity contribution < 1.29 is 4.74 Å². The summed E-state index contributed by atoms with van der Waals surface area (Å²) in [7, 11) is 0. The number of guanidine groups is 1. The molecule has 3 unspecified atom stereocenters. The molecule has 3 atom stereocenters. The van der Waals surface area contributed by atoms with Crippen LogP contribution in [-0.4, -0.2) is 61.3 Å². The van der Waals surface area contributed by atoms with Gasteiger partial charge in [0.05, 0.1) is 6.10 Å². The van der Waals surface area contributed by atoms with Crippen LogP contribution in [0, 0.1) is 11.3 Å². The molecule has 2 saturated carbocycles. The molecule has 0 radical (unpaired) electrons. The maximum Gasteiger partial charge on any atom is 0.191 e. The Morgan fingerprint density at radius 2 is 1.96 bits per heavy atom. The van der Waals surface area contributed by atoms with Crippen LogP contribution in [-0.2, 0) is 4.74 Å². The number of nitrogens with zero attached hydrogens (tertiary/aromatic N) is 2. The first-order valence-electron chi connectivity index (χ1n) is 10.6. The van der Waals surface area contributed by atoms with Crippen molar-refractivity contribution in [3.8, 4) is 0 Å². The molecule has 2 saturated heterocycles. The third-order valence-corrected chi connectivity index (χ3v) is 7.25. The Morgan fingerprint density at radius 3 is 2.56 bits per heavy atom. The van der Waals surface area contributed by atoms with Gasteiger partial charge in [-0.15, -0.1) is 0 Å². The molecule has 2 aliphatic heterocycles. The molecular formula is C20H36N4O. The van der Waals surface area contributed by atoms with Crippen LogP contribution in [0.15, 0.2) is 4.99 Å². The van der Waals surface area contributed by atoms with Crippen LogP contribution >= 0.6 is 0 Å². The van der Waals surface area contributed by atoms with Gasteiger partial charge in [0.25, 0.3) is 0 Å². The van der Waals surface area contributed by atoms with Gasteiger partial charge in [0.15, 0.2) is 5.96 Å². The Balaban J connectivity index is 1.35. The zero-order chi connectivity index (χ0) is 17.4. The zero-order valence-electron chi connectivity index (χ0n) is 16.3. The van der Waals surface area contributed by atoms with E-state index in [0.29, 0.717) is 35.6 Å². The molecule has 2 N–H and O–H groups in total. The molecule has 2 aliphatic carbocycles. The summed E-state index contributed by atoms with van der Waals surface area (Å²) in [6.07, 6.45) is 8.20. The van der Waals surface area contributed by atoms with Crippen LogP contribution in [0.5, 0.6) is 0 Å². The van der Waals surface area contributed by atoms with Gasteiger partial charge in [-0.25, -0.2) is 0 Å². The van der Waals surface area contributed by atoms with E-state index in [1.807, 2.05) is 0 Å². The number of likely N-dealkylation sites (tertiary alicyclic amines) is 1. The third kappa shape index (κ3) is 3.08. The maximum atomic E-state index is 6.06. The predicted octanol–water partition coefficient (Wildman–Crippen LogP) is 2.37. The third-order valence-electron chi connectivity index (χ3n) is 7.25. The summed E-state index contributed by atoms with van der Waals surface area (Å²) in [5.41, 5.74) is 0.415. The number of ether oxygens (including phenoxy) is 1. The summed E-state index contributed by atoms with van der Waals surface area (Å²) in [6, 6.07) is 1.79. The van der Waals surface area contributed by atoms with Gasteiger partial charge in [0.2, 0.25) is 0 Å². The minimum atomic E-state index is 0.415. The quantitative estimate of drug-likeness (QED) is 0.605. The van der Waals surface area contributed by atoms with Crippen molar-refractivity contribution in [3.63, 3.8) is 0 Å². The lowest BCUT2D eigenvalue weighted by Gasteiger charge is -2.63. The van der Waals surface area contributed by atoms with E-state index in [1.165, 1.54) is 51.6 Å². The van der Waals surface area contributed by atoms with Gasteiger partial charge in [-0.05, 0) is 52.9 Å². The van der Waals surface area contributed by atoms with Crippen LogP contribution in [0.1, 0.15) is 59.3 Å². The van der Waals surface area contributed by atoms with E-state index in [4.69, 9.17) is 9.73 Å². The highest BCUT2D eigenvalue weighted by atomic mass is 16.5. The predicted molar refractivity (Wildman–Crippen MR) is 102 cm³/mol. The van der Waals surface area contributed by atoms with E-state index in [2.05, 4.69) is 36.3 Å². The lowest BCUT2D eigenvalue weighted by atomic mass is 9.46. The number of nitrogens with one attached hydrogen (secondary N) is 2. The van der Waals surface area contributed by atoms with Crippen molar-refractivity contribution in [2.24, 2.45) is 16.3 Å². The molecule has 0 aromatic carbocycles. The van der Waals surface area contributed by atoms with E-state index < -0.39 is 0 Å². The molecule has 0 bridgehead atoms. The molecule has 5 heteroatoms. The minimum Gasteiger partial charge on any atom is -0.377 e. The molecule has 0 aromatic heterocycles. The second kappa shape index (κ2) is 7.07. The summed E-state index contributed by atoms with van der Waals surface area (Å²) >= 11 is 0. The summed E-state index contributed by atoms with van der Waals surface area (Å²) in [6.45, 7) is 10.9. The molecule has 142 valence electrons. The number of fused-ring (bicyclic) bond motifs is 2. The van der Waals surface area contributed by atoms with Crippen molar-refractivity contribution >= 4 is 5.96 Å². The molecular weight excluding hydrogens is 312 g/mol. The number of rotatable bonds is 4. The van der Waals surface area contributed by atoms with Gasteiger partial charge >= 0.3 is 0 Å². The lowest BCUT2D eigenvalue weighted by Crippen LogP contribution is -2.72. The molecule has 1 spiro atoms. The van der Waals surface area contributed by atoms with Gasteiger partial charge in [-0.1, -0.05) is 6.42 Å². The molecule has 2 heterocycles. The second-order valence-corrected chi connectivity index (χ2v) is 8.82. The van der Waals surface area contributed by atoms with Gasteiger partial charge in [-0.2, -0.15) is 0 Å². The van der Waals surface area contributed by atoms with E-state index in [1.54, 1.807) is 0 Å². The van der Waals surface area contributed by atoms with E-state index >= 15 is 0 Å². The number of aliphatic imine (C=N–C) groups is 1. The average molecular weight is 349 g/mol. The van der Waals surface area contributed by atoms with Gasteiger partial charge in [0, 0.05) is 55.7 Å². The summed E-state index contributed by atoms with van der Waals surface area (Å²) < 4.78 is 6.06. The first-order valence-corrected chi connectivity index (χ1v) is 10.6. The Kier molecular flexibility index (Phi) is 4.98. The average Bonchev–Trinajstić information content (AvgIpc) is 2.97. The molecule has 0 aromatic rings. The molecule has 4 fully saturated rings. The van der Waals surface area contributed by atoms with Gasteiger partial charge in [-0.3, -0.25) is 4.99 Å². The summed E-state index contributed by atoms with van der Waals surface area (Å²) in [5, 5.41) is 7.60. The topological polar surface area (TPSA) is 48.9 Å². The molecule has 0 amide bonds. The Bertz CT molecular complexity index is 494. The van der Waals surface area contributed by atoms with Crippen LogP contribution in [0.2, 0.25) is 0 Å². The highest BCUT2D eigenvalue weighted by Gasteiger charge is 2.66. The monoisotopic (exact) mass is 348 g/mol. The van der Waals surface area contributed by atoms with E-state index in [9.17, 15) is 0 Å². The first kappa shape index (κ1) is 17.6. The maximum absolute atomic E-state index is 6.06. The molecule has 4 aliphatic rings. The van der Waals surface area contributed by atoms with Crippen LogP contribution < -0.4 is 10.6 Å². The van der Waals surface area contributed by atoms with Crippen LogP contribution in [0.25, 0.3) is 0 Å². The number of hydrogen-bond donors (Lipinski definition) is 2. The fourth-order valence-corrected chi connectivity index (χ4v) is 5.65. The smallest absolute Gasteiger partial charge is 0.191 e. The van der Waals surface area contributed by atoms with Gasteiger partial charge < -0.3 is 20.3 Å². The van der Waals surface area contributed by atoms with E-state index in [-0.39, 0.29) is 0 Å². The summed E-state index contributed by atoms with van der Waals surface area (Å²) in [4.78, 5) is 7.35. The van der Waals surface area contributed by atoms with Crippen molar-refractivity contribution in [1.82, 2.24) is 15.5 Å². The number of piperidine rings is 1. The lowest BCUT2D eigenvalue weighted by molar-refractivity contribution is -0.171. The van der Waals surface area contributed by atoms with Gasteiger partial charge in [0.1, 0.15) is 0 Å². The van der Waals surface area contributed by atoms with Crippen molar-refractivity contribution in [2.45, 2.75) is 83.5 Å². The standard InChI is InChI=1S/C20H36N4O/c1-4-21-19(22-15-6-11-24(12-7-15)14(2)3)23-17-16-8-13-25-18(16)20(17)9-5-10-20/h14-18H,4-13H2,1-3H3,(H2,21,22,23). The Labute approximate surface area is 153 Å².